The zero-order chi connectivity index (χ0) is 29.5. The van der Waals surface area contributed by atoms with Crippen molar-refractivity contribution in [2.45, 2.75) is 169 Å². The Morgan fingerprint density at radius 2 is 1.38 bits per heavy atom. The molecule has 0 aromatic heterocycles. The van der Waals surface area contributed by atoms with Crippen LogP contribution in [0.25, 0.3) is 0 Å². The fourth-order valence-corrected chi connectivity index (χ4v) is 6.20. The highest BCUT2D eigenvalue weighted by molar-refractivity contribution is 5.69. The van der Waals surface area contributed by atoms with Crippen LogP contribution in [-0.4, -0.2) is 12.6 Å². The molecule has 0 amide bonds. The van der Waals surface area contributed by atoms with Crippen LogP contribution in [0, 0.1) is 11.3 Å². The summed E-state index contributed by atoms with van der Waals surface area (Å²) in [4.78, 5) is 12.1. The molecule has 2 heteroatoms. The first kappa shape index (κ1) is 36.5. The fraction of sp³-hybridized carbons (Fsp3) is 0.763. The summed E-state index contributed by atoms with van der Waals surface area (Å²) in [5.41, 5.74) is 4.84. The Bertz CT molecular complexity index is 766. The molecule has 0 aromatic carbocycles. The smallest absolute Gasteiger partial charge is 0.306 e. The van der Waals surface area contributed by atoms with E-state index >= 15 is 0 Å². The number of ether oxygens (including phenoxy) is 1. The monoisotopic (exact) mass is 555 g/mol. The van der Waals surface area contributed by atoms with Gasteiger partial charge in [-0.3, -0.25) is 4.79 Å². The van der Waals surface area contributed by atoms with Crippen molar-refractivity contribution < 1.29 is 9.53 Å². The first-order valence-corrected chi connectivity index (χ1v) is 17.0. The van der Waals surface area contributed by atoms with E-state index in [1.54, 1.807) is 5.57 Å². The SMILES string of the molecule is C=CCCCCCCCCCCCCCCCC(=O)OC/C=C(\C)CC/C=C(\C)CCC1C(C)=CCCC1(C)C. The van der Waals surface area contributed by atoms with Crippen molar-refractivity contribution in [3.8, 4) is 0 Å². The Labute approximate surface area is 250 Å². The normalized spacial score (nSPS) is 17.5. The van der Waals surface area contributed by atoms with Crippen LogP contribution in [0.5, 0.6) is 0 Å². The lowest BCUT2D eigenvalue weighted by molar-refractivity contribution is -0.142. The van der Waals surface area contributed by atoms with Crippen LogP contribution in [0.2, 0.25) is 0 Å². The first-order chi connectivity index (χ1) is 19.3. The highest BCUT2D eigenvalue weighted by Crippen LogP contribution is 2.43. The van der Waals surface area contributed by atoms with Crippen molar-refractivity contribution in [2.75, 3.05) is 6.61 Å². The van der Waals surface area contributed by atoms with Gasteiger partial charge in [0.15, 0.2) is 0 Å². The molecule has 0 radical (unpaired) electrons. The van der Waals surface area contributed by atoms with E-state index in [9.17, 15) is 4.79 Å². The lowest BCUT2D eigenvalue weighted by atomic mass is 9.67. The number of hydrogen-bond donors (Lipinski definition) is 0. The standard InChI is InChI=1S/C38H66O2/c1-7-8-9-10-11-12-13-14-15-16-17-18-19-20-21-27-37(39)40-32-30-34(3)25-22-24-33(2)28-29-36-35(4)26-23-31-38(36,5)6/h7,24,26,30,36H,1,8-23,25,27-29,31-32H2,2-6H3/b33-24+,34-30+. The van der Waals surface area contributed by atoms with Crippen molar-refractivity contribution in [2.24, 2.45) is 11.3 Å². The van der Waals surface area contributed by atoms with E-state index in [0.717, 1.165) is 25.7 Å². The van der Waals surface area contributed by atoms with Crippen LogP contribution in [-0.2, 0) is 9.53 Å². The Kier molecular flexibility index (Phi) is 21.0. The largest absolute Gasteiger partial charge is 0.461 e. The van der Waals surface area contributed by atoms with Crippen LogP contribution in [0.3, 0.4) is 0 Å². The van der Waals surface area contributed by atoms with E-state index in [0.29, 0.717) is 24.4 Å². The molecule has 1 rings (SSSR count). The van der Waals surface area contributed by atoms with Crippen LogP contribution in [0.1, 0.15) is 169 Å². The van der Waals surface area contributed by atoms with Gasteiger partial charge in [-0.2, -0.15) is 0 Å². The summed E-state index contributed by atoms with van der Waals surface area (Å²) >= 11 is 0. The summed E-state index contributed by atoms with van der Waals surface area (Å²) < 4.78 is 5.45. The van der Waals surface area contributed by atoms with Gasteiger partial charge in [-0.05, 0) is 96.0 Å². The van der Waals surface area contributed by atoms with Gasteiger partial charge >= 0.3 is 5.97 Å². The lowest BCUT2D eigenvalue weighted by Gasteiger charge is -2.38. The Morgan fingerprint density at radius 3 is 1.95 bits per heavy atom. The number of hydrogen-bond acceptors (Lipinski definition) is 2. The maximum Gasteiger partial charge on any atom is 0.306 e. The summed E-state index contributed by atoms with van der Waals surface area (Å²) in [6.45, 7) is 15.8. The fourth-order valence-electron chi connectivity index (χ4n) is 6.20. The molecule has 0 saturated heterocycles. The minimum absolute atomic E-state index is 0.0423. The van der Waals surface area contributed by atoms with Gasteiger partial charge in [0, 0.05) is 6.42 Å². The Hall–Kier alpha value is -1.57. The Balaban J connectivity index is 1.99. The topological polar surface area (TPSA) is 26.3 Å². The van der Waals surface area contributed by atoms with E-state index in [4.69, 9.17) is 4.74 Å². The van der Waals surface area contributed by atoms with Gasteiger partial charge in [0.05, 0.1) is 0 Å². The maximum absolute atomic E-state index is 12.1. The number of carbonyl (C=O) groups excluding carboxylic acids is 1. The number of unbranched alkanes of at least 4 members (excludes halogenated alkanes) is 13. The van der Waals surface area contributed by atoms with Crippen molar-refractivity contribution in [1.82, 2.24) is 0 Å². The maximum atomic E-state index is 12.1. The van der Waals surface area contributed by atoms with Gasteiger partial charge in [0.2, 0.25) is 0 Å². The van der Waals surface area contributed by atoms with Crippen molar-refractivity contribution in [3.05, 3.63) is 47.6 Å². The lowest BCUT2D eigenvalue weighted by Crippen LogP contribution is -2.27. The van der Waals surface area contributed by atoms with Crippen LogP contribution >= 0.6 is 0 Å². The molecule has 230 valence electrons. The van der Waals surface area contributed by atoms with Crippen molar-refractivity contribution in [3.63, 3.8) is 0 Å². The molecule has 1 unspecified atom stereocenters. The van der Waals surface area contributed by atoms with Gasteiger partial charge in [0.1, 0.15) is 6.61 Å². The second kappa shape index (κ2) is 23.0. The molecule has 0 heterocycles. The van der Waals surface area contributed by atoms with E-state index in [1.807, 2.05) is 6.08 Å². The van der Waals surface area contributed by atoms with Gasteiger partial charge < -0.3 is 4.74 Å². The molecule has 0 fully saturated rings. The third-order valence-electron chi connectivity index (χ3n) is 9.07. The van der Waals surface area contributed by atoms with Crippen LogP contribution in [0.4, 0.5) is 0 Å². The Morgan fingerprint density at radius 1 is 0.825 bits per heavy atom. The number of carbonyl (C=O) groups is 1. The molecule has 0 N–H and O–H groups in total. The highest BCUT2D eigenvalue weighted by atomic mass is 16.5. The molecule has 0 saturated carbocycles. The quantitative estimate of drug-likeness (QED) is 0.0673. The minimum atomic E-state index is -0.0423. The van der Waals surface area contributed by atoms with E-state index < -0.39 is 0 Å². The third-order valence-corrected chi connectivity index (χ3v) is 9.07. The summed E-state index contributed by atoms with van der Waals surface area (Å²) in [5, 5.41) is 0. The van der Waals surface area contributed by atoms with Crippen molar-refractivity contribution in [1.29, 1.82) is 0 Å². The molecule has 40 heavy (non-hydrogen) atoms. The molecule has 2 nitrogen and oxygen atoms in total. The van der Waals surface area contributed by atoms with E-state index in [2.05, 4.69) is 59.4 Å². The van der Waals surface area contributed by atoms with E-state index in [1.165, 1.54) is 114 Å². The van der Waals surface area contributed by atoms with Gasteiger partial charge in [-0.15, -0.1) is 6.58 Å². The van der Waals surface area contributed by atoms with Gasteiger partial charge in [-0.25, -0.2) is 0 Å². The summed E-state index contributed by atoms with van der Waals surface area (Å²) in [6, 6.07) is 0. The van der Waals surface area contributed by atoms with Crippen molar-refractivity contribution >= 4 is 5.97 Å². The average molecular weight is 555 g/mol. The summed E-state index contributed by atoms with van der Waals surface area (Å²) in [6.07, 6.45) is 34.9. The zero-order valence-corrected chi connectivity index (χ0v) is 27.5. The number of rotatable bonds is 24. The molecule has 0 bridgehead atoms. The molecule has 0 aliphatic heterocycles. The summed E-state index contributed by atoms with van der Waals surface area (Å²) in [7, 11) is 0. The molecule has 0 aromatic rings. The molecule has 1 aliphatic rings. The van der Waals surface area contributed by atoms with Gasteiger partial charge in [-0.1, -0.05) is 119 Å². The number of allylic oxidation sites excluding steroid dienone is 6. The number of esters is 1. The predicted molar refractivity (Wildman–Crippen MR) is 177 cm³/mol. The zero-order valence-electron chi connectivity index (χ0n) is 27.5. The second-order valence-electron chi connectivity index (χ2n) is 13.3. The minimum Gasteiger partial charge on any atom is -0.461 e. The third kappa shape index (κ3) is 18.7. The van der Waals surface area contributed by atoms with Crippen LogP contribution < -0.4 is 0 Å². The highest BCUT2D eigenvalue weighted by Gasteiger charge is 2.32. The first-order valence-electron chi connectivity index (χ1n) is 17.0. The average Bonchev–Trinajstić information content (AvgIpc) is 2.90. The molecular weight excluding hydrogens is 488 g/mol. The molecule has 0 spiro atoms. The molecule has 1 aliphatic carbocycles. The molecule has 1 atom stereocenters. The van der Waals surface area contributed by atoms with E-state index in [-0.39, 0.29) is 5.97 Å². The van der Waals surface area contributed by atoms with Gasteiger partial charge in [0.25, 0.3) is 0 Å². The summed E-state index contributed by atoms with van der Waals surface area (Å²) in [5.74, 6) is 0.674. The predicted octanol–water partition coefficient (Wildman–Crippen LogP) is 12.4. The molecular formula is C38H66O2. The van der Waals surface area contributed by atoms with Crippen LogP contribution in [0.15, 0.2) is 47.6 Å². The second-order valence-corrected chi connectivity index (χ2v) is 13.3.